The standard InChI is InChI=1S/C34H40N6O2/c1-23-6-3-8-31-33(23)37-34(40(31)16-5-17-42-2)27-7-4-15-39(22-27)32(41)20-29(35)18-24-9-11-25(12-10-24)26-13-14-30-28(19-26)21-36-38-30/h3,6,8-14,19,21,27,29H,4-5,7,15-18,20,22,35H2,1-2H3,(H,36,38). The number of carbonyl (C=O) groups is 1. The van der Waals surface area contributed by atoms with Gasteiger partial charge in [-0.1, -0.05) is 42.5 Å². The van der Waals surface area contributed by atoms with Crippen molar-refractivity contribution in [2.24, 2.45) is 5.73 Å². The van der Waals surface area contributed by atoms with E-state index in [4.69, 9.17) is 15.5 Å². The number of imidazole rings is 1. The lowest BCUT2D eigenvalue weighted by Crippen LogP contribution is -2.42. The normalized spacial score (nSPS) is 16.4. The number of nitrogens with zero attached hydrogens (tertiary/aromatic N) is 4. The van der Waals surface area contributed by atoms with Crippen LogP contribution in [0.25, 0.3) is 33.1 Å². The van der Waals surface area contributed by atoms with Gasteiger partial charge in [-0.3, -0.25) is 9.89 Å². The Morgan fingerprint density at radius 3 is 2.81 bits per heavy atom. The van der Waals surface area contributed by atoms with Gasteiger partial charge in [0.15, 0.2) is 0 Å². The lowest BCUT2D eigenvalue weighted by atomic mass is 9.95. The van der Waals surface area contributed by atoms with Crippen LogP contribution >= 0.6 is 0 Å². The van der Waals surface area contributed by atoms with E-state index < -0.39 is 0 Å². The summed E-state index contributed by atoms with van der Waals surface area (Å²) in [6, 6.07) is 20.9. The van der Waals surface area contributed by atoms with E-state index in [1.165, 1.54) is 11.1 Å². The van der Waals surface area contributed by atoms with Crippen molar-refractivity contribution in [3.8, 4) is 11.1 Å². The number of nitrogens with one attached hydrogen (secondary N) is 1. The molecule has 2 unspecified atom stereocenters. The number of H-pyrrole nitrogens is 1. The molecule has 0 saturated carbocycles. The second kappa shape index (κ2) is 12.5. The van der Waals surface area contributed by atoms with Crippen molar-refractivity contribution in [1.29, 1.82) is 0 Å². The molecule has 3 aromatic carbocycles. The number of para-hydroxylation sites is 1. The van der Waals surface area contributed by atoms with Crippen LogP contribution in [0.2, 0.25) is 0 Å². The number of rotatable bonds is 10. The Hall–Kier alpha value is -4.01. The Morgan fingerprint density at radius 1 is 1.14 bits per heavy atom. The first-order valence-corrected chi connectivity index (χ1v) is 15.0. The predicted molar refractivity (Wildman–Crippen MR) is 167 cm³/mol. The van der Waals surface area contributed by atoms with Gasteiger partial charge in [-0.25, -0.2) is 4.98 Å². The van der Waals surface area contributed by atoms with Gasteiger partial charge < -0.3 is 19.9 Å². The molecule has 5 aromatic rings. The van der Waals surface area contributed by atoms with E-state index in [1.54, 1.807) is 7.11 Å². The van der Waals surface area contributed by atoms with Crippen LogP contribution in [0.5, 0.6) is 0 Å². The van der Waals surface area contributed by atoms with Crippen LogP contribution in [-0.2, 0) is 22.5 Å². The summed E-state index contributed by atoms with van der Waals surface area (Å²) in [7, 11) is 1.74. The highest BCUT2D eigenvalue weighted by Gasteiger charge is 2.29. The molecule has 2 atom stereocenters. The average molecular weight is 565 g/mol. The molecule has 3 heterocycles. The SMILES string of the molecule is COCCCn1c(C2CCCN(C(=O)CC(N)Cc3ccc(-c4ccc5[nH]ncc5c4)cc3)C2)nc2c(C)cccc21. The molecule has 3 N–H and O–H groups in total. The Morgan fingerprint density at radius 2 is 1.98 bits per heavy atom. The van der Waals surface area contributed by atoms with E-state index in [2.05, 4.69) is 82.4 Å². The zero-order valence-corrected chi connectivity index (χ0v) is 24.6. The Balaban J connectivity index is 1.09. The molecule has 42 heavy (non-hydrogen) atoms. The number of aryl methyl sites for hydroxylation is 2. The summed E-state index contributed by atoms with van der Waals surface area (Å²) in [5, 5.41) is 8.20. The summed E-state index contributed by atoms with van der Waals surface area (Å²) in [4.78, 5) is 20.5. The number of amides is 1. The molecule has 6 rings (SSSR count). The highest BCUT2D eigenvalue weighted by atomic mass is 16.5. The van der Waals surface area contributed by atoms with E-state index in [0.29, 0.717) is 26.0 Å². The first-order valence-electron chi connectivity index (χ1n) is 15.0. The predicted octanol–water partition coefficient (Wildman–Crippen LogP) is 5.59. The molecular formula is C34H40N6O2. The van der Waals surface area contributed by atoms with Crippen LogP contribution in [-0.4, -0.2) is 63.4 Å². The van der Waals surface area contributed by atoms with Crippen LogP contribution in [0, 0.1) is 6.92 Å². The number of aromatic nitrogens is 4. The van der Waals surface area contributed by atoms with Crippen molar-refractivity contribution in [2.45, 2.75) is 57.5 Å². The van der Waals surface area contributed by atoms with Gasteiger partial charge in [-0.15, -0.1) is 0 Å². The number of methoxy groups -OCH3 is 1. The van der Waals surface area contributed by atoms with Gasteiger partial charge in [0.2, 0.25) is 5.91 Å². The number of benzene rings is 3. The highest BCUT2D eigenvalue weighted by molar-refractivity contribution is 5.84. The maximum atomic E-state index is 13.4. The largest absolute Gasteiger partial charge is 0.385 e. The van der Waals surface area contributed by atoms with E-state index in [-0.39, 0.29) is 17.9 Å². The average Bonchev–Trinajstić information content (AvgIpc) is 3.63. The van der Waals surface area contributed by atoms with Crippen LogP contribution in [0.3, 0.4) is 0 Å². The van der Waals surface area contributed by atoms with Gasteiger partial charge in [0, 0.05) is 57.1 Å². The molecule has 1 saturated heterocycles. The molecule has 2 aromatic heterocycles. The molecule has 8 nitrogen and oxygen atoms in total. The van der Waals surface area contributed by atoms with Crippen molar-refractivity contribution in [3.05, 3.63) is 83.8 Å². The Bertz CT molecular complexity index is 1670. The van der Waals surface area contributed by atoms with Crippen molar-refractivity contribution >= 4 is 27.8 Å². The molecule has 0 aliphatic carbocycles. The number of hydrogen-bond donors (Lipinski definition) is 2. The number of piperidine rings is 1. The number of aromatic amines is 1. The summed E-state index contributed by atoms with van der Waals surface area (Å²) in [5.41, 5.74) is 14.4. The van der Waals surface area contributed by atoms with E-state index in [1.807, 2.05) is 11.1 Å². The number of nitrogens with two attached hydrogens (primary N) is 1. The van der Waals surface area contributed by atoms with Crippen molar-refractivity contribution < 1.29 is 9.53 Å². The molecule has 0 radical (unpaired) electrons. The molecule has 1 aliphatic heterocycles. The maximum absolute atomic E-state index is 13.4. The molecule has 218 valence electrons. The van der Waals surface area contributed by atoms with Gasteiger partial charge in [0.05, 0.1) is 22.7 Å². The highest BCUT2D eigenvalue weighted by Crippen LogP contribution is 2.31. The monoisotopic (exact) mass is 564 g/mol. The fourth-order valence-electron chi connectivity index (χ4n) is 6.32. The summed E-state index contributed by atoms with van der Waals surface area (Å²) < 4.78 is 7.67. The van der Waals surface area contributed by atoms with Crippen molar-refractivity contribution in [3.63, 3.8) is 0 Å². The minimum absolute atomic E-state index is 0.135. The third-order valence-corrected chi connectivity index (χ3v) is 8.54. The van der Waals surface area contributed by atoms with Crippen molar-refractivity contribution in [2.75, 3.05) is 26.8 Å². The van der Waals surface area contributed by atoms with Crippen LogP contribution in [0.15, 0.2) is 66.9 Å². The summed E-state index contributed by atoms with van der Waals surface area (Å²) in [6.45, 7) is 5.15. The van der Waals surface area contributed by atoms with Gasteiger partial charge in [0.1, 0.15) is 5.82 Å². The van der Waals surface area contributed by atoms with E-state index >= 15 is 0 Å². The molecule has 1 amide bonds. The quantitative estimate of drug-likeness (QED) is 0.215. The first kappa shape index (κ1) is 28.1. The van der Waals surface area contributed by atoms with E-state index in [0.717, 1.165) is 71.3 Å². The Kier molecular flexibility index (Phi) is 8.35. The zero-order chi connectivity index (χ0) is 29.1. The number of hydrogen-bond acceptors (Lipinski definition) is 5. The summed E-state index contributed by atoms with van der Waals surface area (Å²) in [5.74, 6) is 1.43. The third-order valence-electron chi connectivity index (χ3n) is 8.54. The first-order chi connectivity index (χ1) is 20.5. The minimum Gasteiger partial charge on any atom is -0.385 e. The Labute approximate surface area is 246 Å². The van der Waals surface area contributed by atoms with Crippen molar-refractivity contribution in [1.82, 2.24) is 24.6 Å². The molecule has 1 aliphatic rings. The van der Waals surface area contributed by atoms with Crippen LogP contribution in [0.1, 0.15) is 48.6 Å². The fourth-order valence-corrected chi connectivity index (χ4v) is 6.32. The maximum Gasteiger partial charge on any atom is 0.224 e. The fraction of sp³-hybridized carbons (Fsp3) is 0.382. The van der Waals surface area contributed by atoms with Crippen LogP contribution in [0.4, 0.5) is 0 Å². The molecule has 0 spiro atoms. The van der Waals surface area contributed by atoms with E-state index in [9.17, 15) is 4.79 Å². The number of likely N-dealkylation sites (tertiary alicyclic amines) is 1. The summed E-state index contributed by atoms with van der Waals surface area (Å²) >= 11 is 0. The number of carbonyl (C=O) groups excluding carboxylic acids is 1. The smallest absolute Gasteiger partial charge is 0.224 e. The van der Waals surface area contributed by atoms with Gasteiger partial charge >= 0.3 is 0 Å². The molecule has 1 fully saturated rings. The second-order valence-electron chi connectivity index (χ2n) is 11.6. The second-order valence-corrected chi connectivity index (χ2v) is 11.6. The molecule has 0 bridgehead atoms. The topological polar surface area (TPSA) is 102 Å². The minimum atomic E-state index is -0.229. The number of ether oxygens (including phenoxy) is 1. The zero-order valence-electron chi connectivity index (χ0n) is 24.6. The lowest BCUT2D eigenvalue weighted by Gasteiger charge is -2.33. The number of fused-ring (bicyclic) bond motifs is 2. The van der Waals surface area contributed by atoms with Crippen LogP contribution < -0.4 is 5.73 Å². The van der Waals surface area contributed by atoms with Gasteiger partial charge in [-0.2, -0.15) is 5.10 Å². The third kappa shape index (κ3) is 5.96. The van der Waals surface area contributed by atoms with Gasteiger partial charge in [0.25, 0.3) is 0 Å². The van der Waals surface area contributed by atoms with Gasteiger partial charge in [-0.05, 0) is 73.1 Å². The molecule has 8 heteroatoms. The lowest BCUT2D eigenvalue weighted by molar-refractivity contribution is -0.132. The molecular weight excluding hydrogens is 524 g/mol. The summed E-state index contributed by atoms with van der Waals surface area (Å²) in [6.07, 6.45) is 5.77.